The highest BCUT2D eigenvalue weighted by molar-refractivity contribution is 14.0. The lowest BCUT2D eigenvalue weighted by molar-refractivity contribution is 0.169. The van der Waals surface area contributed by atoms with Crippen LogP contribution in [0.3, 0.4) is 0 Å². The molecule has 1 aromatic heterocycles. The predicted octanol–water partition coefficient (Wildman–Crippen LogP) is 3.41. The van der Waals surface area contributed by atoms with E-state index in [1.807, 2.05) is 13.0 Å². The Labute approximate surface area is 187 Å². The fourth-order valence-electron chi connectivity index (χ4n) is 3.14. The molecule has 1 saturated heterocycles. The third kappa shape index (κ3) is 6.31. The van der Waals surface area contributed by atoms with Gasteiger partial charge in [0, 0.05) is 62.5 Å². The molecule has 1 aliphatic rings. The number of hydrogen-bond donors (Lipinski definition) is 1. The number of hydrogen-bond acceptors (Lipinski definition) is 4. The van der Waals surface area contributed by atoms with E-state index < -0.39 is 0 Å². The highest BCUT2D eigenvalue weighted by Crippen LogP contribution is 2.19. The van der Waals surface area contributed by atoms with Crippen LogP contribution in [0.1, 0.15) is 18.2 Å². The number of guanidine groups is 1. The minimum atomic E-state index is -0.274. The van der Waals surface area contributed by atoms with Crippen LogP contribution >= 0.6 is 35.6 Å². The molecule has 0 radical (unpaired) electrons. The first kappa shape index (κ1) is 22.9. The van der Waals surface area contributed by atoms with Crippen molar-refractivity contribution in [1.82, 2.24) is 20.3 Å². The topological polar surface area (TPSA) is 56.9 Å². The van der Waals surface area contributed by atoms with Gasteiger partial charge in [-0.15, -0.1) is 24.0 Å². The highest BCUT2D eigenvalue weighted by Gasteiger charge is 2.20. The summed E-state index contributed by atoms with van der Waals surface area (Å²) in [7, 11) is 0. The molecule has 154 valence electrons. The van der Waals surface area contributed by atoms with Crippen LogP contribution in [0.5, 0.6) is 0 Å². The third-order valence-electron chi connectivity index (χ3n) is 4.57. The van der Waals surface area contributed by atoms with Crippen molar-refractivity contribution >= 4 is 41.5 Å². The summed E-state index contributed by atoms with van der Waals surface area (Å²) >= 11 is 6.10. The van der Waals surface area contributed by atoms with E-state index in [9.17, 15) is 4.39 Å². The summed E-state index contributed by atoms with van der Waals surface area (Å²) in [4.78, 5) is 9.26. The molecule has 9 heteroatoms. The monoisotopic (exact) mass is 521 g/mol. The highest BCUT2D eigenvalue weighted by atomic mass is 127. The number of nitrogens with zero attached hydrogens (tertiary/aromatic N) is 4. The molecule has 0 aliphatic carbocycles. The first-order valence-electron chi connectivity index (χ1n) is 9.25. The number of rotatable bonds is 6. The van der Waals surface area contributed by atoms with Crippen LogP contribution in [0.25, 0.3) is 0 Å². The van der Waals surface area contributed by atoms with E-state index in [0.717, 1.165) is 50.9 Å². The van der Waals surface area contributed by atoms with Crippen molar-refractivity contribution in [2.45, 2.75) is 19.9 Å². The maximum absolute atomic E-state index is 13.9. The lowest BCUT2D eigenvalue weighted by atomic mass is 10.1. The summed E-state index contributed by atoms with van der Waals surface area (Å²) < 4.78 is 18.8. The average Bonchev–Trinajstić information content (AvgIpc) is 3.17. The van der Waals surface area contributed by atoms with Crippen molar-refractivity contribution in [2.24, 2.45) is 4.99 Å². The normalized spacial score (nSPS) is 15.4. The molecule has 0 atom stereocenters. The van der Waals surface area contributed by atoms with Gasteiger partial charge in [0.25, 0.3) is 0 Å². The lowest BCUT2D eigenvalue weighted by Gasteiger charge is -2.36. The van der Waals surface area contributed by atoms with Gasteiger partial charge < -0.3 is 14.7 Å². The second-order valence-electron chi connectivity index (χ2n) is 6.44. The Balaban J connectivity index is 0.00000280. The van der Waals surface area contributed by atoms with E-state index in [0.29, 0.717) is 23.6 Å². The zero-order chi connectivity index (χ0) is 19.1. The quantitative estimate of drug-likeness (QED) is 0.359. The molecule has 0 spiro atoms. The molecular formula is C19H26ClFIN5O. The Morgan fingerprint density at radius 3 is 2.71 bits per heavy atom. The molecule has 1 aliphatic heterocycles. The molecule has 0 unspecified atom stereocenters. The average molecular weight is 522 g/mol. The molecule has 1 aromatic carbocycles. The van der Waals surface area contributed by atoms with Crippen molar-refractivity contribution < 1.29 is 8.91 Å². The van der Waals surface area contributed by atoms with E-state index in [-0.39, 0.29) is 29.8 Å². The van der Waals surface area contributed by atoms with Gasteiger partial charge in [-0.2, -0.15) is 0 Å². The first-order valence-corrected chi connectivity index (χ1v) is 9.63. The summed E-state index contributed by atoms with van der Waals surface area (Å²) in [6.45, 7) is 7.73. The lowest BCUT2D eigenvalue weighted by Crippen LogP contribution is -2.52. The van der Waals surface area contributed by atoms with Crippen LogP contribution in [0.15, 0.2) is 40.0 Å². The Morgan fingerprint density at radius 2 is 2.07 bits per heavy atom. The Bertz CT molecular complexity index is 731. The van der Waals surface area contributed by atoms with Crippen LogP contribution < -0.4 is 5.32 Å². The number of halogens is 3. The number of nitrogens with one attached hydrogen (secondary N) is 1. The predicted molar refractivity (Wildman–Crippen MR) is 120 cm³/mol. The van der Waals surface area contributed by atoms with Crippen LogP contribution in [-0.4, -0.2) is 60.2 Å². The maximum atomic E-state index is 13.9. The second kappa shape index (κ2) is 11.6. The fraction of sp³-hybridized carbons (Fsp3) is 0.474. The zero-order valence-corrected chi connectivity index (χ0v) is 19.0. The SMILES string of the molecule is CCNC(=NCCc1c(F)cccc1Cl)N1CCN(Cc2ccon2)CC1.I. The molecule has 6 nitrogen and oxygen atoms in total. The molecular weight excluding hydrogens is 496 g/mol. The van der Waals surface area contributed by atoms with E-state index in [4.69, 9.17) is 16.1 Å². The third-order valence-corrected chi connectivity index (χ3v) is 4.92. The summed E-state index contributed by atoms with van der Waals surface area (Å²) in [5.41, 5.74) is 1.47. The molecule has 0 amide bonds. The Hall–Kier alpha value is -1.39. The standard InChI is InChI=1S/C19H25ClFN5O.HI/c1-2-22-19(23-8-6-16-17(20)4-3-5-18(16)21)26-11-9-25(10-12-26)14-15-7-13-27-24-15;/h3-5,7,13H,2,6,8-12,14H2,1H3,(H,22,23);1H. The second-order valence-corrected chi connectivity index (χ2v) is 6.85. The van der Waals surface area contributed by atoms with E-state index in [1.54, 1.807) is 18.4 Å². The summed E-state index contributed by atoms with van der Waals surface area (Å²) in [5, 5.41) is 7.76. The van der Waals surface area contributed by atoms with Gasteiger partial charge in [-0.25, -0.2) is 4.39 Å². The minimum absolute atomic E-state index is 0. The number of aliphatic imine (C=N–C) groups is 1. The van der Waals surface area contributed by atoms with Gasteiger partial charge in [-0.1, -0.05) is 22.8 Å². The largest absolute Gasteiger partial charge is 0.364 e. The zero-order valence-electron chi connectivity index (χ0n) is 15.9. The van der Waals surface area contributed by atoms with Crippen LogP contribution in [-0.2, 0) is 13.0 Å². The van der Waals surface area contributed by atoms with Crippen molar-refractivity contribution in [2.75, 3.05) is 39.3 Å². The first-order chi connectivity index (χ1) is 13.2. The van der Waals surface area contributed by atoms with Gasteiger partial charge in [0.2, 0.25) is 0 Å². The van der Waals surface area contributed by atoms with Gasteiger partial charge in [0.15, 0.2) is 5.96 Å². The Morgan fingerprint density at radius 1 is 1.29 bits per heavy atom. The molecule has 28 heavy (non-hydrogen) atoms. The Kier molecular flexibility index (Phi) is 9.46. The summed E-state index contributed by atoms with van der Waals surface area (Å²) in [5.74, 6) is 0.593. The molecule has 0 bridgehead atoms. The van der Waals surface area contributed by atoms with Gasteiger partial charge in [0.05, 0.1) is 5.69 Å². The molecule has 0 saturated carbocycles. The van der Waals surface area contributed by atoms with Gasteiger partial charge in [-0.3, -0.25) is 9.89 Å². The van der Waals surface area contributed by atoms with Crippen LogP contribution in [0, 0.1) is 5.82 Å². The molecule has 3 rings (SSSR count). The smallest absolute Gasteiger partial charge is 0.194 e. The van der Waals surface area contributed by atoms with Crippen LogP contribution in [0.2, 0.25) is 5.02 Å². The number of benzene rings is 1. The van der Waals surface area contributed by atoms with Crippen molar-refractivity contribution in [3.05, 3.63) is 52.6 Å². The molecule has 1 fully saturated rings. The molecule has 2 heterocycles. The van der Waals surface area contributed by atoms with Crippen molar-refractivity contribution in [1.29, 1.82) is 0 Å². The summed E-state index contributed by atoms with van der Waals surface area (Å²) in [6, 6.07) is 6.66. The van der Waals surface area contributed by atoms with E-state index in [2.05, 4.69) is 25.3 Å². The number of piperazine rings is 1. The molecule has 2 aromatic rings. The van der Waals surface area contributed by atoms with E-state index in [1.165, 1.54) is 6.07 Å². The van der Waals surface area contributed by atoms with Gasteiger partial charge >= 0.3 is 0 Å². The maximum Gasteiger partial charge on any atom is 0.194 e. The number of aromatic nitrogens is 1. The van der Waals surface area contributed by atoms with Crippen LogP contribution in [0.4, 0.5) is 4.39 Å². The van der Waals surface area contributed by atoms with Gasteiger partial charge in [-0.05, 0) is 25.5 Å². The fourth-order valence-corrected chi connectivity index (χ4v) is 3.39. The molecule has 1 N–H and O–H groups in total. The van der Waals surface area contributed by atoms with Crippen molar-refractivity contribution in [3.8, 4) is 0 Å². The van der Waals surface area contributed by atoms with Crippen molar-refractivity contribution in [3.63, 3.8) is 0 Å². The summed E-state index contributed by atoms with van der Waals surface area (Å²) in [6.07, 6.45) is 2.08. The minimum Gasteiger partial charge on any atom is -0.364 e. The van der Waals surface area contributed by atoms with E-state index >= 15 is 0 Å². The van der Waals surface area contributed by atoms with Gasteiger partial charge in [0.1, 0.15) is 12.1 Å².